The third kappa shape index (κ3) is 5.49. The van der Waals surface area contributed by atoms with E-state index >= 15 is 0 Å². The molecule has 1 heteroatoms. The summed E-state index contributed by atoms with van der Waals surface area (Å²) in [7, 11) is 0. The molecule has 0 aromatic carbocycles. The quantitative estimate of drug-likeness (QED) is 0.505. The lowest BCUT2D eigenvalue weighted by Gasteiger charge is -1.88. The summed E-state index contributed by atoms with van der Waals surface area (Å²) in [5.41, 5.74) is 0. The van der Waals surface area contributed by atoms with Crippen LogP contribution in [0.2, 0.25) is 0 Å². The van der Waals surface area contributed by atoms with Gasteiger partial charge in [-0.2, -0.15) is 5.26 Å². The molecule has 0 aromatic heterocycles. The normalized spacial score (nSPS) is 8.50. The molecule has 0 rings (SSSR count). The molecule has 0 fully saturated rings. The first kappa shape index (κ1) is 7.49. The number of rotatable bonds is 4. The van der Waals surface area contributed by atoms with E-state index in [4.69, 9.17) is 12.2 Å². The highest BCUT2D eigenvalue weighted by molar-refractivity contribution is 4.90. The van der Waals surface area contributed by atoms with E-state index in [1.807, 2.05) is 6.07 Å². The summed E-state index contributed by atoms with van der Waals surface area (Å²) >= 11 is 0. The monoisotopic (exact) mass is 108 g/mol. The Morgan fingerprint density at radius 2 is 2.25 bits per heavy atom. The molecule has 8 heavy (non-hydrogen) atoms. The van der Waals surface area contributed by atoms with Gasteiger partial charge in [0.05, 0.1) is 12.5 Å². The van der Waals surface area contributed by atoms with E-state index in [2.05, 4.69) is 0 Å². The highest BCUT2D eigenvalue weighted by Crippen LogP contribution is 1.99. The zero-order valence-electron chi connectivity index (χ0n) is 4.93. The van der Waals surface area contributed by atoms with Crippen LogP contribution in [0.4, 0.5) is 0 Å². The summed E-state index contributed by atoms with van der Waals surface area (Å²) < 4.78 is 0. The molecule has 0 spiro atoms. The third-order valence-electron chi connectivity index (χ3n) is 0.894. The Bertz CT molecular complexity index is 70.9. The summed E-state index contributed by atoms with van der Waals surface area (Å²) in [4.78, 5) is 0. The Kier molecular flexibility index (Phi) is 6.08. The minimum atomic E-state index is 0.735. The Labute approximate surface area is 51.3 Å². The van der Waals surface area contributed by atoms with Gasteiger partial charge in [0.1, 0.15) is 0 Å². The molecular weight excluding hydrogens is 98.1 g/mol. The number of nitriles is 1. The van der Waals surface area contributed by atoms with E-state index in [0.29, 0.717) is 0 Å². The molecule has 0 saturated heterocycles. The van der Waals surface area contributed by atoms with Crippen molar-refractivity contribution >= 4 is 0 Å². The Hall–Kier alpha value is -0.510. The topological polar surface area (TPSA) is 23.8 Å². The summed E-state index contributed by atoms with van der Waals surface area (Å²) in [6.07, 6.45) is 5.30. The highest BCUT2D eigenvalue weighted by Gasteiger charge is 1.84. The predicted molar refractivity (Wildman–Crippen MR) is 32.7 cm³/mol. The van der Waals surface area contributed by atoms with Gasteiger partial charge < -0.3 is 0 Å². The van der Waals surface area contributed by atoms with E-state index in [1.54, 1.807) is 6.42 Å². The summed E-state index contributed by atoms with van der Waals surface area (Å²) in [5.74, 6) is 0. The largest absolute Gasteiger partial charge is 0.198 e. The zero-order chi connectivity index (χ0) is 6.24. The molecule has 0 aliphatic carbocycles. The van der Waals surface area contributed by atoms with Crippen molar-refractivity contribution in [2.24, 2.45) is 0 Å². The lowest BCUT2D eigenvalue weighted by Crippen LogP contribution is -1.73. The van der Waals surface area contributed by atoms with Gasteiger partial charge in [-0.05, 0) is 19.8 Å². The van der Waals surface area contributed by atoms with Gasteiger partial charge in [-0.3, -0.25) is 0 Å². The molecule has 0 heterocycles. The minimum Gasteiger partial charge on any atom is -0.198 e. The maximum atomic E-state index is 8.03. The van der Waals surface area contributed by atoms with Crippen LogP contribution in [0.1, 0.15) is 25.7 Å². The van der Waals surface area contributed by atoms with Gasteiger partial charge in [-0.25, -0.2) is 0 Å². The first-order chi connectivity index (χ1) is 3.91. The fourth-order valence-electron chi connectivity index (χ4n) is 0.455. The van der Waals surface area contributed by atoms with Crippen LogP contribution in [-0.2, 0) is 0 Å². The molecule has 0 saturated carbocycles. The zero-order valence-corrected chi connectivity index (χ0v) is 4.93. The van der Waals surface area contributed by atoms with Crippen LogP contribution >= 0.6 is 0 Å². The van der Waals surface area contributed by atoms with Crippen LogP contribution in [0.15, 0.2) is 0 Å². The first-order valence-electron chi connectivity index (χ1n) is 2.83. The van der Waals surface area contributed by atoms with Crippen molar-refractivity contribution in [2.45, 2.75) is 25.7 Å². The molecule has 0 unspecified atom stereocenters. The first-order valence-corrected chi connectivity index (χ1v) is 2.83. The fourth-order valence-corrected chi connectivity index (χ4v) is 0.455. The lowest BCUT2D eigenvalue weighted by molar-refractivity contribution is 0.747. The SMILES string of the molecule is [CH]CCCC[CH]C#N. The van der Waals surface area contributed by atoms with Gasteiger partial charge in [-0.1, -0.05) is 12.8 Å². The number of unbranched alkanes of at least 4 members (excludes halogenated alkanes) is 4. The standard InChI is InChI=1S/C7H10N/c1-2-3-4-5-6-7-8/h1,6H,2-5H2. The summed E-state index contributed by atoms with van der Waals surface area (Å²) in [6.45, 7) is 5.21. The van der Waals surface area contributed by atoms with E-state index in [9.17, 15) is 0 Å². The highest BCUT2D eigenvalue weighted by atomic mass is 14.2. The number of hydrogen-bond acceptors (Lipinski definition) is 1. The van der Waals surface area contributed by atoms with Gasteiger partial charge in [0.25, 0.3) is 0 Å². The maximum Gasteiger partial charge on any atom is 0.0669 e. The van der Waals surface area contributed by atoms with Gasteiger partial charge in [0.2, 0.25) is 0 Å². The molecule has 0 aliphatic rings. The van der Waals surface area contributed by atoms with Gasteiger partial charge in [-0.15, -0.1) is 0 Å². The van der Waals surface area contributed by atoms with Crippen LogP contribution in [-0.4, -0.2) is 0 Å². The van der Waals surface area contributed by atoms with Crippen LogP contribution in [0.3, 0.4) is 0 Å². The number of hydrogen-bond donors (Lipinski definition) is 0. The molecule has 0 bridgehead atoms. The van der Waals surface area contributed by atoms with Crippen molar-refractivity contribution < 1.29 is 0 Å². The molecule has 0 amide bonds. The molecule has 3 radical (unpaired) electrons. The van der Waals surface area contributed by atoms with Crippen LogP contribution in [0.25, 0.3) is 0 Å². The second-order valence-corrected chi connectivity index (χ2v) is 1.62. The smallest absolute Gasteiger partial charge is 0.0669 e. The molecule has 1 nitrogen and oxygen atoms in total. The predicted octanol–water partition coefficient (Wildman–Crippen LogP) is 1.99. The van der Waals surface area contributed by atoms with Gasteiger partial charge in [0.15, 0.2) is 0 Å². The van der Waals surface area contributed by atoms with E-state index < -0.39 is 0 Å². The molecule has 0 aliphatic heterocycles. The number of nitrogens with zero attached hydrogens (tertiary/aromatic N) is 1. The van der Waals surface area contributed by atoms with Crippen LogP contribution in [0, 0.1) is 24.7 Å². The molecule has 43 valence electrons. The molecule has 0 aromatic rings. The van der Waals surface area contributed by atoms with Crippen molar-refractivity contribution in [3.63, 3.8) is 0 Å². The minimum absolute atomic E-state index is 0.735. The third-order valence-corrected chi connectivity index (χ3v) is 0.894. The summed E-state index contributed by atoms with van der Waals surface area (Å²) in [5, 5.41) is 8.03. The van der Waals surface area contributed by atoms with Gasteiger partial charge >= 0.3 is 0 Å². The average Bonchev–Trinajstić information content (AvgIpc) is 1.81. The molecular formula is C7H10N. The Morgan fingerprint density at radius 1 is 1.50 bits per heavy atom. The van der Waals surface area contributed by atoms with Crippen molar-refractivity contribution in [2.75, 3.05) is 0 Å². The van der Waals surface area contributed by atoms with Crippen molar-refractivity contribution in [3.8, 4) is 6.07 Å². The van der Waals surface area contributed by atoms with Crippen molar-refractivity contribution in [1.82, 2.24) is 0 Å². The molecule has 0 N–H and O–H groups in total. The molecule has 0 atom stereocenters. The van der Waals surface area contributed by atoms with Gasteiger partial charge in [0, 0.05) is 0 Å². The Morgan fingerprint density at radius 3 is 2.75 bits per heavy atom. The second kappa shape index (κ2) is 6.49. The second-order valence-electron chi connectivity index (χ2n) is 1.62. The average molecular weight is 108 g/mol. The lowest BCUT2D eigenvalue weighted by atomic mass is 10.2. The van der Waals surface area contributed by atoms with Crippen molar-refractivity contribution in [1.29, 1.82) is 5.26 Å². The van der Waals surface area contributed by atoms with E-state index in [1.165, 1.54) is 0 Å². The van der Waals surface area contributed by atoms with Crippen molar-refractivity contribution in [3.05, 3.63) is 13.3 Å². The van der Waals surface area contributed by atoms with Crippen LogP contribution < -0.4 is 0 Å². The summed E-state index contributed by atoms with van der Waals surface area (Å²) in [6, 6.07) is 1.96. The maximum absolute atomic E-state index is 8.03. The fraction of sp³-hybridized carbons (Fsp3) is 0.571. The Balaban J connectivity index is 2.65. The van der Waals surface area contributed by atoms with E-state index in [-0.39, 0.29) is 0 Å². The van der Waals surface area contributed by atoms with E-state index in [0.717, 1.165) is 25.7 Å². The van der Waals surface area contributed by atoms with Crippen LogP contribution in [0.5, 0.6) is 0 Å².